The zero-order valence-corrected chi connectivity index (χ0v) is 15.5. The maximum Gasteiger partial charge on any atom is 0.289 e. The maximum absolute atomic E-state index is 12.5. The smallest absolute Gasteiger partial charge is 0.289 e. The predicted octanol–water partition coefficient (Wildman–Crippen LogP) is 3.89. The van der Waals surface area contributed by atoms with Gasteiger partial charge in [-0.1, -0.05) is 27.9 Å². The fourth-order valence-corrected chi connectivity index (χ4v) is 2.86. The summed E-state index contributed by atoms with van der Waals surface area (Å²) in [6, 6.07) is 14.1. The second-order valence-corrected chi connectivity index (χ2v) is 6.64. The third-order valence-electron chi connectivity index (χ3n) is 3.73. The largest absolute Gasteiger partial charge is 0.451 e. The van der Waals surface area contributed by atoms with E-state index in [-0.39, 0.29) is 24.1 Å². The molecular formula is C20H15BrN2O3. The van der Waals surface area contributed by atoms with E-state index in [1.165, 1.54) is 4.90 Å². The number of furan rings is 1. The minimum Gasteiger partial charge on any atom is -0.451 e. The lowest BCUT2D eigenvalue weighted by atomic mass is 10.2. The van der Waals surface area contributed by atoms with Crippen LogP contribution in [0.1, 0.15) is 16.1 Å². The van der Waals surface area contributed by atoms with Crippen molar-refractivity contribution in [3.63, 3.8) is 0 Å². The van der Waals surface area contributed by atoms with Crippen LogP contribution in [0, 0.1) is 12.3 Å². The van der Waals surface area contributed by atoms with E-state index in [1.54, 1.807) is 43.4 Å². The molecule has 0 atom stereocenters. The van der Waals surface area contributed by atoms with Crippen LogP contribution in [0.2, 0.25) is 0 Å². The van der Waals surface area contributed by atoms with Crippen molar-refractivity contribution in [2.75, 3.05) is 18.9 Å². The molecule has 3 aromatic rings. The van der Waals surface area contributed by atoms with Gasteiger partial charge in [-0.3, -0.25) is 9.59 Å². The first-order valence-corrected chi connectivity index (χ1v) is 8.56. The summed E-state index contributed by atoms with van der Waals surface area (Å²) in [5.74, 6) is 1.99. The SMILES string of the molecule is C#Cc1cccc(NC(=O)CN(C)C(=O)c2cc3cc(Br)ccc3o2)c1. The van der Waals surface area contributed by atoms with Gasteiger partial charge >= 0.3 is 0 Å². The summed E-state index contributed by atoms with van der Waals surface area (Å²) in [7, 11) is 1.54. The minimum absolute atomic E-state index is 0.111. The number of nitrogens with zero attached hydrogens (tertiary/aromatic N) is 1. The second-order valence-electron chi connectivity index (χ2n) is 5.73. The Hall–Kier alpha value is -3.04. The molecule has 0 saturated heterocycles. The summed E-state index contributed by atoms with van der Waals surface area (Å²) in [4.78, 5) is 26.0. The average Bonchev–Trinajstić information content (AvgIpc) is 3.04. The molecule has 130 valence electrons. The van der Waals surface area contributed by atoms with Crippen LogP contribution in [0.25, 0.3) is 11.0 Å². The predicted molar refractivity (Wildman–Crippen MR) is 104 cm³/mol. The number of anilines is 1. The topological polar surface area (TPSA) is 62.6 Å². The summed E-state index contributed by atoms with van der Waals surface area (Å²) in [6.07, 6.45) is 5.35. The van der Waals surface area contributed by atoms with Crippen molar-refractivity contribution in [1.82, 2.24) is 4.90 Å². The zero-order valence-electron chi connectivity index (χ0n) is 14.0. The Morgan fingerprint density at radius 1 is 1.23 bits per heavy atom. The molecule has 2 amide bonds. The minimum atomic E-state index is -0.371. The van der Waals surface area contributed by atoms with Crippen molar-refractivity contribution in [3.8, 4) is 12.3 Å². The average molecular weight is 411 g/mol. The molecule has 26 heavy (non-hydrogen) atoms. The van der Waals surface area contributed by atoms with Crippen molar-refractivity contribution >= 4 is 44.4 Å². The van der Waals surface area contributed by atoms with Gasteiger partial charge in [0.15, 0.2) is 5.76 Å². The number of terminal acetylenes is 1. The zero-order chi connectivity index (χ0) is 18.7. The van der Waals surface area contributed by atoms with Gasteiger partial charge in [-0.25, -0.2) is 0 Å². The highest BCUT2D eigenvalue weighted by molar-refractivity contribution is 9.10. The normalized spacial score (nSPS) is 10.3. The molecule has 0 radical (unpaired) electrons. The number of amides is 2. The van der Waals surface area contributed by atoms with E-state index in [0.717, 1.165) is 9.86 Å². The molecular weight excluding hydrogens is 396 g/mol. The van der Waals surface area contributed by atoms with Crippen LogP contribution >= 0.6 is 15.9 Å². The van der Waals surface area contributed by atoms with E-state index in [1.807, 2.05) is 12.1 Å². The van der Waals surface area contributed by atoms with Gasteiger partial charge in [0.2, 0.25) is 5.91 Å². The third kappa shape index (κ3) is 3.95. The molecule has 1 heterocycles. The molecule has 0 aliphatic heterocycles. The molecule has 2 aromatic carbocycles. The number of hydrogen-bond donors (Lipinski definition) is 1. The van der Waals surface area contributed by atoms with Crippen LogP contribution < -0.4 is 5.32 Å². The van der Waals surface area contributed by atoms with Gasteiger partial charge in [-0.2, -0.15) is 0 Å². The number of likely N-dealkylation sites (N-methyl/N-ethyl adjacent to an activating group) is 1. The maximum atomic E-state index is 12.5. The Kier molecular flexibility index (Phi) is 5.10. The van der Waals surface area contributed by atoms with Gasteiger partial charge < -0.3 is 14.6 Å². The number of carbonyl (C=O) groups is 2. The van der Waals surface area contributed by atoms with E-state index in [9.17, 15) is 9.59 Å². The van der Waals surface area contributed by atoms with E-state index < -0.39 is 0 Å². The number of carbonyl (C=O) groups excluding carboxylic acids is 2. The van der Waals surface area contributed by atoms with Gasteiger partial charge in [0.25, 0.3) is 5.91 Å². The molecule has 3 rings (SSSR count). The molecule has 0 saturated carbocycles. The highest BCUT2D eigenvalue weighted by Crippen LogP contribution is 2.24. The summed E-state index contributed by atoms with van der Waals surface area (Å²) in [5, 5.41) is 3.53. The molecule has 0 aliphatic carbocycles. The Morgan fingerprint density at radius 3 is 2.81 bits per heavy atom. The monoisotopic (exact) mass is 410 g/mol. The second kappa shape index (κ2) is 7.46. The lowest BCUT2D eigenvalue weighted by Gasteiger charge is -2.15. The highest BCUT2D eigenvalue weighted by Gasteiger charge is 2.19. The van der Waals surface area contributed by atoms with E-state index in [2.05, 4.69) is 27.2 Å². The Bertz CT molecular complexity index is 1030. The van der Waals surface area contributed by atoms with E-state index in [4.69, 9.17) is 10.8 Å². The van der Waals surface area contributed by atoms with Crippen LogP contribution in [0.3, 0.4) is 0 Å². The van der Waals surface area contributed by atoms with Gasteiger partial charge in [0, 0.05) is 28.2 Å². The quantitative estimate of drug-likeness (QED) is 0.663. The number of fused-ring (bicyclic) bond motifs is 1. The van der Waals surface area contributed by atoms with Crippen molar-refractivity contribution in [2.45, 2.75) is 0 Å². The first-order chi connectivity index (χ1) is 12.5. The Labute approximate surface area is 159 Å². The lowest BCUT2D eigenvalue weighted by molar-refractivity contribution is -0.116. The molecule has 6 heteroatoms. The number of nitrogens with one attached hydrogen (secondary N) is 1. The summed E-state index contributed by atoms with van der Waals surface area (Å²) >= 11 is 3.38. The molecule has 0 fully saturated rings. The fourth-order valence-electron chi connectivity index (χ4n) is 2.48. The Morgan fingerprint density at radius 2 is 2.04 bits per heavy atom. The van der Waals surface area contributed by atoms with Crippen LogP contribution in [0.5, 0.6) is 0 Å². The Balaban J connectivity index is 1.67. The van der Waals surface area contributed by atoms with Crippen LogP contribution in [-0.4, -0.2) is 30.3 Å². The molecule has 1 aromatic heterocycles. The van der Waals surface area contributed by atoms with E-state index >= 15 is 0 Å². The summed E-state index contributed by atoms with van der Waals surface area (Å²) < 4.78 is 6.47. The lowest BCUT2D eigenvalue weighted by Crippen LogP contribution is -2.34. The van der Waals surface area contributed by atoms with Crippen LogP contribution in [-0.2, 0) is 4.79 Å². The molecule has 0 aliphatic rings. The molecule has 0 spiro atoms. The third-order valence-corrected chi connectivity index (χ3v) is 4.22. The van der Waals surface area contributed by atoms with Gasteiger partial charge in [-0.15, -0.1) is 6.42 Å². The van der Waals surface area contributed by atoms with Crippen molar-refractivity contribution in [1.29, 1.82) is 0 Å². The first-order valence-electron chi connectivity index (χ1n) is 7.77. The van der Waals surface area contributed by atoms with Crippen molar-refractivity contribution < 1.29 is 14.0 Å². The highest BCUT2D eigenvalue weighted by atomic mass is 79.9. The number of benzene rings is 2. The van der Waals surface area contributed by atoms with Crippen LogP contribution in [0.15, 0.2) is 57.4 Å². The molecule has 5 nitrogen and oxygen atoms in total. The van der Waals surface area contributed by atoms with Crippen molar-refractivity contribution in [2.24, 2.45) is 0 Å². The fraction of sp³-hybridized carbons (Fsp3) is 0.100. The van der Waals surface area contributed by atoms with E-state index in [0.29, 0.717) is 16.8 Å². The summed E-state index contributed by atoms with van der Waals surface area (Å²) in [5.41, 5.74) is 1.86. The molecule has 0 bridgehead atoms. The van der Waals surface area contributed by atoms with Crippen molar-refractivity contribution in [3.05, 3.63) is 64.3 Å². The number of rotatable bonds is 4. The standard InChI is InChI=1S/C20H15BrN2O3/c1-3-13-5-4-6-16(9-13)22-19(24)12-23(2)20(25)18-11-14-10-15(21)7-8-17(14)26-18/h1,4-11H,12H2,2H3,(H,22,24). The number of halogens is 1. The number of hydrogen-bond acceptors (Lipinski definition) is 3. The molecule has 0 unspecified atom stereocenters. The van der Waals surface area contributed by atoms with Crippen LogP contribution in [0.4, 0.5) is 5.69 Å². The first kappa shape index (κ1) is 17.8. The molecule has 1 N–H and O–H groups in total. The van der Waals surface area contributed by atoms with Gasteiger partial charge in [0.1, 0.15) is 5.58 Å². The van der Waals surface area contributed by atoms with Gasteiger partial charge in [0.05, 0.1) is 6.54 Å². The van der Waals surface area contributed by atoms with Gasteiger partial charge in [-0.05, 0) is 42.5 Å². The summed E-state index contributed by atoms with van der Waals surface area (Å²) in [6.45, 7) is -0.111.